The summed E-state index contributed by atoms with van der Waals surface area (Å²) in [6, 6.07) is 29.1. The van der Waals surface area contributed by atoms with Crippen molar-refractivity contribution >= 4 is 64.8 Å². The molecule has 3 saturated heterocycles. The number of nitrogens with zero attached hydrogens (tertiary/aromatic N) is 7. The van der Waals surface area contributed by atoms with Gasteiger partial charge in [-0.25, -0.2) is 24.0 Å². The Hall–Kier alpha value is -8.27. The minimum atomic E-state index is -4.53. The largest absolute Gasteiger partial charge is 0.445 e. The van der Waals surface area contributed by atoms with Gasteiger partial charge in [0, 0.05) is 132 Å². The number of hydrogen-bond acceptors (Lipinski definition) is 17. The molecule has 4 heterocycles. The maximum Gasteiger partial charge on any atom is 0.416 e. The van der Waals surface area contributed by atoms with Gasteiger partial charge in [-0.3, -0.25) is 19.4 Å². The molecular formula is C72H98ClF3N12O12. The van der Waals surface area contributed by atoms with Crippen molar-refractivity contribution in [3.63, 3.8) is 0 Å². The molecule has 0 unspecified atom stereocenters. The number of aromatic amines is 1. The molecule has 6 fully saturated rings. The molecule has 6 aliphatic rings. The summed E-state index contributed by atoms with van der Waals surface area (Å²) in [6.07, 6.45) is 4.00. The van der Waals surface area contributed by atoms with E-state index in [-0.39, 0.29) is 71.4 Å². The van der Waals surface area contributed by atoms with Crippen molar-refractivity contribution < 1.29 is 70.4 Å². The van der Waals surface area contributed by atoms with Crippen LogP contribution >= 0.6 is 11.6 Å². The summed E-state index contributed by atoms with van der Waals surface area (Å²) in [5.74, 6) is 0.167. The average molecular weight is 1420 g/mol. The van der Waals surface area contributed by atoms with Gasteiger partial charge in [-0.15, -0.1) is 0 Å². The fraction of sp³-hybridized carbons (Fsp3) is 0.569. The summed E-state index contributed by atoms with van der Waals surface area (Å²) in [7, 11) is 0. The van der Waals surface area contributed by atoms with Gasteiger partial charge in [-0.05, 0) is 159 Å². The lowest BCUT2D eigenvalue weighted by atomic mass is 9.89. The van der Waals surface area contributed by atoms with Gasteiger partial charge in [-0.2, -0.15) is 28.6 Å². The van der Waals surface area contributed by atoms with Gasteiger partial charge in [0.05, 0.1) is 5.56 Å². The van der Waals surface area contributed by atoms with Crippen molar-refractivity contribution in [2.24, 2.45) is 0 Å². The monoisotopic (exact) mass is 1410 g/mol. The van der Waals surface area contributed by atoms with Crippen molar-refractivity contribution in [2.75, 3.05) is 78.5 Å². The van der Waals surface area contributed by atoms with Crippen molar-refractivity contribution in [3.05, 3.63) is 130 Å². The zero-order chi connectivity index (χ0) is 71.8. The number of alkyl halides is 3. The smallest absolute Gasteiger partial charge is 0.416 e. The molecule has 11 rings (SSSR count). The highest BCUT2D eigenvalue weighted by atomic mass is 35.5. The summed E-state index contributed by atoms with van der Waals surface area (Å²) in [6.45, 7) is 20.1. The number of carbonyl (C=O) groups excluding carboxylic acids is 7. The first-order valence-electron chi connectivity index (χ1n) is 34.7. The second kappa shape index (κ2) is 37.4. The molecule has 0 atom stereocenters. The Morgan fingerprint density at radius 3 is 1.37 bits per heavy atom. The number of piperazine rings is 3. The average Bonchev–Trinajstić information content (AvgIpc) is 1.22. The molecule has 5 N–H and O–H groups in total. The van der Waals surface area contributed by atoms with E-state index in [1.807, 2.05) is 102 Å². The van der Waals surface area contributed by atoms with Gasteiger partial charge in [0.1, 0.15) is 47.8 Å². The summed E-state index contributed by atoms with van der Waals surface area (Å²) >= 11 is 5.80. The van der Waals surface area contributed by atoms with Gasteiger partial charge in [0.15, 0.2) is 0 Å². The number of ketones is 1. The van der Waals surface area contributed by atoms with Gasteiger partial charge in [0.25, 0.3) is 5.91 Å². The summed E-state index contributed by atoms with van der Waals surface area (Å²) < 4.78 is 65.5. The molecule has 0 bridgehead atoms. The first-order valence-corrected chi connectivity index (χ1v) is 35.1. The van der Waals surface area contributed by atoms with E-state index in [9.17, 15) is 46.7 Å². The summed E-state index contributed by atoms with van der Waals surface area (Å²) in [4.78, 5) is 93.5. The second-order valence-corrected chi connectivity index (χ2v) is 28.3. The van der Waals surface area contributed by atoms with Gasteiger partial charge < -0.3 is 59.7 Å². The molecule has 1 aromatic heterocycles. The SMILES string of the molecule is CC(C)(C)OC(=O)NC1CCC(=O)CC1.CC(C)(C)OC(=O)NC1CCC(N2CCN(C(=O)OCc3ccccc3)CC2)CC1.O=C(NC1CCC(N2CCN(C(=O)OCc3cc(Cl)cc(C(F)(F)F)c3)CC2)CC1)c1ccc2n[nH]nc2c1.O=C(OCc1ccccc1)N1CCNCC1. The minimum Gasteiger partial charge on any atom is -0.445 e. The van der Waals surface area contributed by atoms with Crippen LogP contribution in [0.25, 0.3) is 11.0 Å². The summed E-state index contributed by atoms with van der Waals surface area (Å²) in [5.41, 5.74) is 2.30. The van der Waals surface area contributed by atoms with Crippen LogP contribution in [0, 0.1) is 0 Å². The van der Waals surface area contributed by atoms with E-state index < -0.39 is 29.0 Å². The molecular weight excluding hydrogens is 1320 g/mol. The van der Waals surface area contributed by atoms with Crippen LogP contribution in [0.3, 0.4) is 0 Å². The molecule has 5 aromatic rings. The number of ether oxygens (including phenoxy) is 5. The Kier molecular flexibility index (Phi) is 29.0. The van der Waals surface area contributed by atoms with Crippen LogP contribution in [-0.2, 0) is 54.5 Å². The van der Waals surface area contributed by atoms with Crippen LogP contribution in [0.15, 0.2) is 97.1 Å². The molecule has 28 heteroatoms. The number of carbonyl (C=O) groups is 7. The van der Waals surface area contributed by atoms with Crippen LogP contribution in [0.4, 0.5) is 37.1 Å². The number of fused-ring (bicyclic) bond motifs is 1. The third-order valence-corrected chi connectivity index (χ3v) is 18.1. The molecule has 3 saturated carbocycles. The highest BCUT2D eigenvalue weighted by Gasteiger charge is 2.35. The number of benzene rings is 4. The van der Waals surface area contributed by atoms with Gasteiger partial charge in [-0.1, -0.05) is 72.3 Å². The minimum absolute atomic E-state index is 0.0631. The first kappa shape index (κ1) is 77.5. The third-order valence-electron chi connectivity index (χ3n) is 17.9. The van der Waals surface area contributed by atoms with Crippen LogP contribution in [0.2, 0.25) is 5.02 Å². The number of amides is 6. The van der Waals surface area contributed by atoms with Gasteiger partial charge in [0.2, 0.25) is 0 Å². The number of nitrogens with one attached hydrogen (secondary N) is 5. The molecule has 0 spiro atoms. The zero-order valence-electron chi connectivity index (χ0n) is 58.3. The van der Waals surface area contributed by atoms with E-state index in [2.05, 4.69) is 46.5 Å². The van der Waals surface area contributed by atoms with Crippen LogP contribution < -0.4 is 21.3 Å². The third kappa shape index (κ3) is 26.4. The quantitative estimate of drug-likeness (QED) is 0.0726. The van der Waals surface area contributed by atoms with E-state index in [0.29, 0.717) is 94.0 Å². The molecule has 0 radical (unpaired) electrons. The maximum atomic E-state index is 13.0. The lowest BCUT2D eigenvalue weighted by Crippen LogP contribution is -2.53. The fourth-order valence-corrected chi connectivity index (χ4v) is 12.9. The van der Waals surface area contributed by atoms with E-state index in [0.717, 1.165) is 127 Å². The van der Waals surface area contributed by atoms with E-state index >= 15 is 0 Å². The lowest BCUT2D eigenvalue weighted by molar-refractivity contribution is -0.137. The number of halogens is 4. The molecule has 6 amide bonds. The number of H-pyrrole nitrogens is 1. The van der Waals surface area contributed by atoms with Crippen LogP contribution in [-0.4, -0.2) is 202 Å². The van der Waals surface area contributed by atoms with E-state index in [1.54, 1.807) is 32.9 Å². The summed E-state index contributed by atoms with van der Waals surface area (Å²) in [5, 5.41) is 22.6. The van der Waals surface area contributed by atoms with Crippen molar-refractivity contribution in [3.8, 4) is 0 Å². The molecule has 546 valence electrons. The Balaban J connectivity index is 0.000000183. The first-order chi connectivity index (χ1) is 47.7. The maximum absolute atomic E-state index is 13.0. The topological polar surface area (TPSA) is 272 Å². The number of Topliss-reactive ketones (excluding diaryl/α,β-unsaturated/α-hetero) is 1. The highest BCUT2D eigenvalue weighted by molar-refractivity contribution is 6.30. The Bertz CT molecular complexity index is 3420. The van der Waals surface area contributed by atoms with Crippen molar-refractivity contribution in [2.45, 2.75) is 186 Å². The molecule has 3 aliphatic carbocycles. The van der Waals surface area contributed by atoms with E-state index in [1.165, 1.54) is 6.07 Å². The molecule has 4 aromatic carbocycles. The Labute approximate surface area is 588 Å². The fourth-order valence-electron chi connectivity index (χ4n) is 12.6. The zero-order valence-corrected chi connectivity index (χ0v) is 59.0. The van der Waals surface area contributed by atoms with Crippen LogP contribution in [0.5, 0.6) is 0 Å². The second-order valence-electron chi connectivity index (χ2n) is 27.9. The van der Waals surface area contributed by atoms with Crippen molar-refractivity contribution in [1.82, 2.24) is 61.2 Å². The standard InChI is InChI=1S/C26H28ClF3N6O3.C23H35N3O4.C12H16N2O2.C11H19NO3/c27-19-12-16(11-18(14-19)26(28,29)30)15-39-25(38)36-9-7-35(8-10-36)21-4-2-20(3-5-21)31-24(37)17-1-6-22-23(13-17)33-34-32-22;1-23(2,3)30-21(27)24-19-9-11-20(12-10-19)25-13-15-26(16-14-25)22(28)29-17-18-7-5-4-6-8-18;15-12(14-8-6-13-7-9-14)16-10-11-4-2-1-3-5-11;1-11(2,3)15-10(14)12-8-4-6-9(13)7-5-8/h1,6,11-14,20-21H,2-5,7-10,15H2,(H,31,37)(H,32,33,34);4-8,19-20H,9-17H2,1-3H3,(H,24,27);1-5,13H,6-10H2;8H,4-7H2,1-3H3,(H,12,14). The molecule has 24 nitrogen and oxygen atoms in total. The number of rotatable bonds is 12. The Morgan fingerprint density at radius 1 is 0.500 bits per heavy atom. The number of alkyl carbamates (subject to hydrolysis) is 2. The van der Waals surface area contributed by atoms with E-state index in [4.69, 9.17) is 35.3 Å². The Morgan fingerprint density at radius 2 is 0.920 bits per heavy atom. The van der Waals surface area contributed by atoms with Crippen LogP contribution in [0.1, 0.15) is 151 Å². The number of hydrogen-bond donors (Lipinski definition) is 5. The predicted molar refractivity (Wildman–Crippen MR) is 370 cm³/mol. The predicted octanol–water partition coefficient (Wildman–Crippen LogP) is 11.7. The number of aromatic nitrogens is 3. The normalized spacial score (nSPS) is 20.3. The highest BCUT2D eigenvalue weighted by Crippen LogP contribution is 2.33. The van der Waals surface area contributed by atoms with Gasteiger partial charge >= 0.3 is 36.6 Å². The molecule has 3 aliphatic heterocycles. The molecule has 100 heavy (non-hydrogen) atoms. The lowest BCUT2D eigenvalue weighted by Gasteiger charge is -2.41. The van der Waals surface area contributed by atoms with Crippen molar-refractivity contribution in [1.29, 1.82) is 0 Å².